The van der Waals surface area contributed by atoms with E-state index in [4.69, 9.17) is 0 Å². The van der Waals surface area contributed by atoms with Gasteiger partial charge in [-0.1, -0.05) is 18.2 Å². The van der Waals surface area contributed by atoms with Crippen molar-refractivity contribution >= 4 is 39.7 Å². The lowest BCUT2D eigenvalue weighted by Gasteiger charge is -2.24. The zero-order valence-electron chi connectivity index (χ0n) is 14.4. The molecule has 4 rings (SSSR count). The third-order valence-electron chi connectivity index (χ3n) is 4.44. The van der Waals surface area contributed by atoms with Gasteiger partial charge in [0.25, 0.3) is 0 Å². The first-order valence-corrected chi connectivity index (χ1v) is 10.7. The highest BCUT2D eigenvalue weighted by atomic mass is 35.5. The number of likely N-dealkylation sites (N-methyl/N-ethyl adjacent to an activating group) is 1. The molecule has 0 aliphatic carbocycles. The molecule has 138 valence electrons. The van der Waals surface area contributed by atoms with Crippen LogP contribution in [0, 0.1) is 0 Å². The van der Waals surface area contributed by atoms with E-state index in [-0.39, 0.29) is 22.2 Å². The minimum absolute atomic E-state index is 0. The van der Waals surface area contributed by atoms with Crippen molar-refractivity contribution in [2.24, 2.45) is 0 Å². The highest BCUT2D eigenvalue weighted by Crippen LogP contribution is 2.33. The van der Waals surface area contributed by atoms with Crippen LogP contribution >= 0.6 is 24.2 Å². The van der Waals surface area contributed by atoms with Crippen LogP contribution in [0.15, 0.2) is 51.3 Å². The summed E-state index contributed by atoms with van der Waals surface area (Å²) in [4.78, 5) is 7.15. The van der Waals surface area contributed by atoms with Gasteiger partial charge in [0.05, 0.1) is 10.6 Å². The minimum Gasteiger partial charge on any atom is -0.302 e. The largest absolute Gasteiger partial charge is 0.302 e. The van der Waals surface area contributed by atoms with Crippen molar-refractivity contribution in [1.82, 2.24) is 19.5 Å². The normalized spacial score (nSPS) is 14.8. The van der Waals surface area contributed by atoms with E-state index in [1.165, 1.54) is 11.8 Å². The van der Waals surface area contributed by atoms with E-state index >= 15 is 0 Å². The molecule has 0 unspecified atom stereocenters. The van der Waals surface area contributed by atoms with E-state index in [9.17, 15) is 8.42 Å². The number of hydrogen-bond acceptors (Lipinski definition) is 6. The van der Waals surface area contributed by atoms with Gasteiger partial charge in [-0.25, -0.2) is 17.9 Å². The first-order valence-electron chi connectivity index (χ1n) is 7.94. The third kappa shape index (κ3) is 3.00. The van der Waals surface area contributed by atoms with Crippen molar-refractivity contribution in [2.75, 3.05) is 19.8 Å². The fraction of sp³-hybridized carbons (Fsp3) is 0.294. The molecular formula is C17H19ClN4O2S2. The molecule has 3 heterocycles. The quantitative estimate of drug-likeness (QED) is 0.618. The monoisotopic (exact) mass is 410 g/mol. The molecule has 0 amide bonds. The van der Waals surface area contributed by atoms with Crippen molar-refractivity contribution in [3.63, 3.8) is 0 Å². The van der Waals surface area contributed by atoms with E-state index in [2.05, 4.69) is 22.0 Å². The van der Waals surface area contributed by atoms with Crippen molar-refractivity contribution in [3.05, 3.63) is 47.8 Å². The second kappa shape index (κ2) is 7.19. The molecule has 9 heteroatoms. The summed E-state index contributed by atoms with van der Waals surface area (Å²) in [5.41, 5.74) is 2.56. The van der Waals surface area contributed by atoms with E-state index < -0.39 is 9.84 Å². The standard InChI is InChI=1S/C17H18N4O2S2.ClH/c1-20-9-8-14-12(11-20)10-18-16-15(17(24-2)19-21(14)16)25(22,23)13-6-4-3-5-7-13;/h3-7,10H,8-9,11H2,1-2H3;1H. The first kappa shape index (κ1) is 19.2. The van der Waals surface area contributed by atoms with Gasteiger partial charge in [-0.15, -0.1) is 24.2 Å². The van der Waals surface area contributed by atoms with Crippen molar-refractivity contribution in [1.29, 1.82) is 0 Å². The Bertz CT molecular complexity index is 1050. The van der Waals surface area contributed by atoms with Crippen molar-refractivity contribution in [2.45, 2.75) is 27.8 Å². The minimum atomic E-state index is -3.68. The van der Waals surface area contributed by atoms with Crippen LogP contribution in [0.3, 0.4) is 0 Å². The predicted octanol–water partition coefficient (Wildman–Crippen LogP) is 2.69. The average molecular weight is 411 g/mol. The van der Waals surface area contributed by atoms with Gasteiger partial charge in [-0.2, -0.15) is 5.10 Å². The molecule has 1 aliphatic heterocycles. The van der Waals surface area contributed by atoms with Gasteiger partial charge in [0.2, 0.25) is 9.84 Å². The van der Waals surface area contributed by atoms with Crippen LogP contribution in [0.25, 0.3) is 5.65 Å². The summed E-state index contributed by atoms with van der Waals surface area (Å²) in [6, 6.07) is 8.47. The highest BCUT2D eigenvalue weighted by Gasteiger charge is 2.30. The maximum Gasteiger partial charge on any atom is 0.213 e. The van der Waals surface area contributed by atoms with Crippen molar-refractivity contribution < 1.29 is 8.42 Å². The molecule has 0 spiro atoms. The van der Waals surface area contributed by atoms with E-state index in [1.807, 2.05) is 6.26 Å². The fourth-order valence-corrected chi connectivity index (χ4v) is 5.60. The summed E-state index contributed by atoms with van der Waals surface area (Å²) >= 11 is 1.33. The number of halogens is 1. The van der Waals surface area contributed by atoms with E-state index in [1.54, 1.807) is 41.0 Å². The summed E-state index contributed by atoms with van der Waals surface area (Å²) in [7, 11) is -1.62. The first-order chi connectivity index (χ1) is 12.0. The summed E-state index contributed by atoms with van der Waals surface area (Å²) in [5, 5.41) is 5.07. The van der Waals surface area contributed by atoms with Crippen molar-refractivity contribution in [3.8, 4) is 0 Å². The average Bonchev–Trinajstić information content (AvgIpc) is 3.02. The van der Waals surface area contributed by atoms with Crippen LogP contribution < -0.4 is 0 Å². The molecule has 0 bridgehead atoms. The van der Waals surface area contributed by atoms with Gasteiger partial charge in [0.1, 0.15) is 5.03 Å². The van der Waals surface area contributed by atoms with Gasteiger partial charge in [-0.3, -0.25) is 0 Å². The molecular weight excluding hydrogens is 392 g/mol. The van der Waals surface area contributed by atoms with Gasteiger partial charge in [0, 0.05) is 31.3 Å². The van der Waals surface area contributed by atoms with Gasteiger partial charge in [-0.05, 0) is 25.4 Å². The summed E-state index contributed by atoms with van der Waals surface area (Å²) in [6.07, 6.45) is 4.45. The number of nitrogens with zero attached hydrogens (tertiary/aromatic N) is 4. The lowest BCUT2D eigenvalue weighted by molar-refractivity contribution is 0.307. The van der Waals surface area contributed by atoms with Crippen LogP contribution in [0.4, 0.5) is 0 Å². The van der Waals surface area contributed by atoms with E-state index in [0.717, 1.165) is 30.8 Å². The Morgan fingerprint density at radius 2 is 1.92 bits per heavy atom. The maximum absolute atomic E-state index is 13.2. The Kier molecular flexibility index (Phi) is 5.30. The number of hydrogen-bond donors (Lipinski definition) is 0. The zero-order chi connectivity index (χ0) is 17.6. The smallest absolute Gasteiger partial charge is 0.213 e. The van der Waals surface area contributed by atoms with Gasteiger partial charge < -0.3 is 4.90 Å². The number of fused-ring (bicyclic) bond motifs is 3. The molecule has 0 saturated heterocycles. The Labute approximate surface area is 162 Å². The Morgan fingerprint density at radius 3 is 2.62 bits per heavy atom. The number of rotatable bonds is 3. The van der Waals surface area contributed by atoms with Crippen LogP contribution in [-0.2, 0) is 22.8 Å². The molecule has 2 aromatic heterocycles. The molecule has 0 saturated carbocycles. The van der Waals surface area contributed by atoms with Gasteiger partial charge in [0.15, 0.2) is 10.5 Å². The molecule has 0 N–H and O–H groups in total. The summed E-state index contributed by atoms with van der Waals surface area (Å²) in [5.74, 6) is 0. The Balaban J connectivity index is 0.00000196. The molecule has 3 aromatic rings. The van der Waals surface area contributed by atoms with Gasteiger partial charge >= 0.3 is 0 Å². The molecule has 1 aliphatic rings. The maximum atomic E-state index is 13.2. The fourth-order valence-electron chi connectivity index (χ4n) is 3.18. The molecule has 6 nitrogen and oxygen atoms in total. The zero-order valence-corrected chi connectivity index (χ0v) is 16.9. The third-order valence-corrected chi connectivity index (χ3v) is 7.05. The number of sulfone groups is 1. The highest BCUT2D eigenvalue weighted by molar-refractivity contribution is 7.99. The summed E-state index contributed by atoms with van der Waals surface area (Å²) < 4.78 is 28.1. The second-order valence-corrected chi connectivity index (χ2v) is 8.79. The Morgan fingerprint density at radius 1 is 1.19 bits per heavy atom. The summed E-state index contributed by atoms with van der Waals surface area (Å²) in [6.45, 7) is 1.72. The lowest BCUT2D eigenvalue weighted by Crippen LogP contribution is -2.28. The van der Waals surface area contributed by atoms with E-state index in [0.29, 0.717) is 10.7 Å². The molecule has 0 atom stereocenters. The molecule has 0 radical (unpaired) electrons. The lowest BCUT2D eigenvalue weighted by atomic mass is 10.1. The SMILES string of the molecule is CSc1nn2c3c(cnc2c1S(=O)(=O)c1ccccc1)CN(C)CC3.Cl. The number of aromatic nitrogens is 3. The van der Waals surface area contributed by atoms with Crippen LogP contribution in [0.2, 0.25) is 0 Å². The molecule has 1 aromatic carbocycles. The van der Waals surface area contributed by atoms with Crippen LogP contribution in [-0.4, -0.2) is 47.8 Å². The number of thioether (sulfide) groups is 1. The van der Waals surface area contributed by atoms with Crippen LogP contribution in [0.5, 0.6) is 0 Å². The molecule has 26 heavy (non-hydrogen) atoms. The Hall–Kier alpha value is -1.61. The predicted molar refractivity (Wildman–Crippen MR) is 104 cm³/mol. The molecule has 0 fully saturated rings. The van der Waals surface area contributed by atoms with Crippen LogP contribution in [0.1, 0.15) is 11.3 Å². The topological polar surface area (TPSA) is 67.6 Å². The number of benzene rings is 1. The second-order valence-electron chi connectivity index (χ2n) is 6.11.